The van der Waals surface area contributed by atoms with Gasteiger partial charge in [-0.25, -0.2) is 0 Å². The number of quaternary nitrogens is 1. The van der Waals surface area contributed by atoms with Gasteiger partial charge in [0.15, 0.2) is 0 Å². The second kappa shape index (κ2) is 42.1. The Balaban J connectivity index is 0. The summed E-state index contributed by atoms with van der Waals surface area (Å²) < 4.78 is 24.5. The quantitative estimate of drug-likeness (QED) is 0.0204. The maximum Gasteiger partial charge on any atom is 0.488 e. The summed E-state index contributed by atoms with van der Waals surface area (Å²) in [4.78, 5) is 33.5. The van der Waals surface area contributed by atoms with Gasteiger partial charge in [-0.3, -0.25) is 9.59 Å². The fourth-order valence-corrected chi connectivity index (χ4v) is 5.75. The van der Waals surface area contributed by atoms with Gasteiger partial charge >= 0.3 is 20.2 Å². The molecule has 1 unspecified atom stereocenters. The highest BCUT2D eigenvalue weighted by atomic mass is 31.1. The van der Waals surface area contributed by atoms with E-state index in [0.717, 1.165) is 45.9 Å². The zero-order valence-electron chi connectivity index (χ0n) is 34.7. The number of nitrogens with zero attached hydrogens (tertiary/aromatic N) is 1. The Kier molecular flexibility index (Phi) is 42.6. The number of likely N-dealkylation sites (N-methyl/N-ethyl adjacent to an activating group) is 1. The van der Waals surface area contributed by atoms with Crippen molar-refractivity contribution in [2.24, 2.45) is 0 Å². The van der Waals surface area contributed by atoms with Crippen molar-refractivity contribution in [1.82, 2.24) is 0 Å². The average Bonchev–Trinajstić information content (AvgIpc) is 3.11. The Labute approximate surface area is 322 Å². The lowest BCUT2D eigenvalue weighted by Crippen LogP contribution is -2.45. The van der Waals surface area contributed by atoms with Crippen molar-refractivity contribution in [3.05, 3.63) is 24.3 Å². The van der Waals surface area contributed by atoms with Crippen molar-refractivity contribution < 1.29 is 37.5 Å². The Hall–Kier alpha value is -1.60. The summed E-state index contributed by atoms with van der Waals surface area (Å²) in [6.07, 6.45) is 43.1. The monoisotopic (exact) mass is 757 g/mol. The van der Waals surface area contributed by atoms with E-state index in [0.29, 0.717) is 30.5 Å². The topological polar surface area (TPSA) is 102 Å². The molecule has 0 saturated heterocycles. The van der Waals surface area contributed by atoms with Crippen LogP contribution in [0.2, 0.25) is 0 Å². The number of carbonyl (C=O) groups excluding carboxylic acids is 2. The van der Waals surface area contributed by atoms with Gasteiger partial charge < -0.3 is 18.9 Å². The van der Waals surface area contributed by atoms with Crippen LogP contribution in [0.1, 0.15) is 194 Å². The van der Waals surface area contributed by atoms with Crippen LogP contribution in [0.5, 0.6) is 0 Å². The SMILES string of the molecule is CCCCCCCCC=CCCCCCCCC(=O)OCC[N+](C)(C)CCOC(=O)CCCCCCCC=CCCCCCCCC.CO[P+](=O)[O-]. The Bertz CT molecular complexity index is 802. The van der Waals surface area contributed by atoms with Crippen molar-refractivity contribution in [2.75, 3.05) is 47.5 Å². The minimum Gasteiger partial charge on any atom is -0.566 e. The van der Waals surface area contributed by atoms with Crippen molar-refractivity contribution >= 4 is 20.2 Å². The fraction of sp³-hybridized carbons (Fsp3) is 0.860. The molecule has 0 rings (SSSR count). The zero-order valence-corrected chi connectivity index (χ0v) is 35.6. The lowest BCUT2D eigenvalue weighted by atomic mass is 10.1. The summed E-state index contributed by atoms with van der Waals surface area (Å²) in [6, 6.07) is 0. The molecule has 1 atom stereocenters. The Morgan fingerprint density at radius 2 is 0.788 bits per heavy atom. The second-order valence-electron chi connectivity index (χ2n) is 14.9. The molecule has 52 heavy (non-hydrogen) atoms. The van der Waals surface area contributed by atoms with E-state index in [1.807, 2.05) is 0 Å². The molecular weight excluding hydrogens is 673 g/mol. The smallest absolute Gasteiger partial charge is 0.488 e. The van der Waals surface area contributed by atoms with E-state index in [-0.39, 0.29) is 11.9 Å². The standard InChI is InChI=1S/C42H80NO4.CH3O3P/c1-5-7-9-11-13-15-17-19-21-23-25-27-29-31-33-35-41(44)46-39-37-43(3,4)38-40-47-42(45)36-34-32-30-28-26-24-22-20-18-16-14-12-10-8-6-2;1-4-5(2)3/h19-22H,5-18,23-40H2,1-4H3;1H3/q+1;. The van der Waals surface area contributed by atoms with Gasteiger partial charge in [-0.2, -0.15) is 4.52 Å². The molecule has 0 radical (unpaired) electrons. The fourth-order valence-electron chi connectivity index (χ4n) is 5.75. The minimum atomic E-state index is -2.60. The number of ether oxygens (including phenoxy) is 2. The molecule has 9 heteroatoms. The summed E-state index contributed by atoms with van der Waals surface area (Å²) in [5.74, 6) is -0.178. The third-order valence-electron chi connectivity index (χ3n) is 9.35. The van der Waals surface area contributed by atoms with Gasteiger partial charge in [0.05, 0.1) is 21.2 Å². The summed E-state index contributed by atoms with van der Waals surface area (Å²) in [7, 11) is 2.69. The first-order valence-electron chi connectivity index (χ1n) is 21.3. The summed E-state index contributed by atoms with van der Waals surface area (Å²) in [6.45, 7) is 6.82. The molecule has 0 aliphatic rings. The van der Waals surface area contributed by atoms with Crippen LogP contribution in [-0.2, 0) is 28.2 Å². The van der Waals surface area contributed by atoms with Gasteiger partial charge in [-0.1, -0.05) is 141 Å². The number of allylic oxidation sites excluding steroid dienone is 4. The molecule has 0 heterocycles. The maximum atomic E-state index is 12.1. The molecule has 0 N–H and O–H groups in total. The molecular formula is C43H83NO7P+. The molecule has 0 aromatic rings. The van der Waals surface area contributed by atoms with Crippen LogP contribution in [0.15, 0.2) is 24.3 Å². The molecule has 0 aromatic carbocycles. The Morgan fingerprint density at radius 1 is 0.519 bits per heavy atom. The normalized spacial score (nSPS) is 11.9. The molecule has 8 nitrogen and oxygen atoms in total. The molecule has 0 aliphatic heterocycles. The minimum absolute atomic E-state index is 0.0889. The zero-order chi connectivity index (χ0) is 38.8. The molecule has 0 spiro atoms. The predicted molar refractivity (Wildman–Crippen MR) is 217 cm³/mol. The molecule has 0 fully saturated rings. The molecule has 306 valence electrons. The van der Waals surface area contributed by atoms with Crippen molar-refractivity contribution in [1.29, 1.82) is 0 Å². The van der Waals surface area contributed by atoms with Gasteiger partial charge in [-0.05, 0) is 68.8 Å². The Morgan fingerprint density at radius 3 is 1.08 bits per heavy atom. The van der Waals surface area contributed by atoms with Crippen LogP contribution < -0.4 is 4.89 Å². The van der Waals surface area contributed by atoms with Crippen molar-refractivity contribution in [2.45, 2.75) is 194 Å². The highest BCUT2D eigenvalue weighted by Crippen LogP contribution is 2.12. The number of rotatable bonds is 37. The summed E-state index contributed by atoms with van der Waals surface area (Å²) in [5, 5.41) is 0. The molecule has 0 amide bonds. The second-order valence-corrected chi connectivity index (χ2v) is 15.7. The van der Waals surface area contributed by atoms with Gasteiger partial charge in [0.25, 0.3) is 0 Å². The van der Waals surface area contributed by atoms with Gasteiger partial charge in [-0.15, -0.1) is 0 Å². The lowest BCUT2D eigenvalue weighted by Gasteiger charge is -2.29. The van der Waals surface area contributed by atoms with Crippen LogP contribution >= 0.6 is 8.25 Å². The predicted octanol–water partition coefficient (Wildman–Crippen LogP) is 11.9. The first-order valence-corrected chi connectivity index (χ1v) is 22.4. The van der Waals surface area contributed by atoms with E-state index in [4.69, 9.17) is 9.47 Å². The number of hydrogen-bond acceptors (Lipinski definition) is 7. The van der Waals surface area contributed by atoms with E-state index in [1.54, 1.807) is 0 Å². The van der Waals surface area contributed by atoms with Crippen molar-refractivity contribution in [3.8, 4) is 0 Å². The van der Waals surface area contributed by atoms with E-state index in [1.165, 1.54) is 141 Å². The number of esters is 2. The largest absolute Gasteiger partial charge is 0.566 e. The van der Waals surface area contributed by atoms with Crippen LogP contribution in [0.4, 0.5) is 0 Å². The number of carbonyl (C=O) groups is 2. The summed E-state index contributed by atoms with van der Waals surface area (Å²) >= 11 is 0. The molecule has 0 bridgehead atoms. The highest BCUT2D eigenvalue weighted by Gasteiger charge is 2.17. The number of hydrogen-bond donors (Lipinski definition) is 0. The third-order valence-corrected chi connectivity index (χ3v) is 9.65. The van der Waals surface area contributed by atoms with E-state index in [2.05, 4.69) is 56.8 Å². The number of unbranched alkanes of at least 4 members (excludes halogenated alkanes) is 22. The van der Waals surface area contributed by atoms with Gasteiger partial charge in [0.2, 0.25) is 0 Å². The highest BCUT2D eigenvalue weighted by molar-refractivity contribution is 7.30. The molecule has 0 aliphatic carbocycles. The van der Waals surface area contributed by atoms with Crippen molar-refractivity contribution in [3.63, 3.8) is 0 Å². The van der Waals surface area contributed by atoms with E-state index in [9.17, 15) is 19.0 Å². The average molecular weight is 757 g/mol. The molecule has 0 saturated carbocycles. The van der Waals surface area contributed by atoms with E-state index < -0.39 is 8.25 Å². The third kappa shape index (κ3) is 46.4. The van der Waals surface area contributed by atoms with Crippen LogP contribution in [0, 0.1) is 0 Å². The van der Waals surface area contributed by atoms with Crippen LogP contribution in [-0.4, -0.2) is 63.9 Å². The van der Waals surface area contributed by atoms with Gasteiger partial charge in [0.1, 0.15) is 26.3 Å². The van der Waals surface area contributed by atoms with E-state index >= 15 is 0 Å². The first-order chi connectivity index (χ1) is 25.2. The molecule has 0 aromatic heterocycles. The summed E-state index contributed by atoms with van der Waals surface area (Å²) in [5.41, 5.74) is 0. The maximum absolute atomic E-state index is 12.1. The first kappa shape index (κ1) is 52.5. The van der Waals surface area contributed by atoms with Crippen LogP contribution in [0.25, 0.3) is 0 Å². The lowest BCUT2D eigenvalue weighted by molar-refractivity contribution is -0.890. The van der Waals surface area contributed by atoms with Gasteiger partial charge in [0, 0.05) is 12.8 Å². The van der Waals surface area contributed by atoms with Crippen LogP contribution in [0.3, 0.4) is 0 Å².